The second-order valence-electron chi connectivity index (χ2n) is 6.10. The maximum atomic E-state index is 12.4. The highest BCUT2D eigenvalue weighted by Gasteiger charge is 2.23. The predicted octanol–water partition coefficient (Wildman–Crippen LogP) is 2.26. The predicted molar refractivity (Wildman–Crippen MR) is 91.8 cm³/mol. The van der Waals surface area contributed by atoms with Crippen LogP contribution in [0.15, 0.2) is 30.3 Å². The summed E-state index contributed by atoms with van der Waals surface area (Å²) in [5, 5.41) is 0. The van der Waals surface area contributed by atoms with E-state index < -0.39 is 10.0 Å². The van der Waals surface area contributed by atoms with Gasteiger partial charge < -0.3 is 4.90 Å². The summed E-state index contributed by atoms with van der Waals surface area (Å²) in [5.74, 6) is 0.767. The molecule has 5 nitrogen and oxygen atoms in total. The zero-order valence-corrected chi connectivity index (χ0v) is 14.5. The van der Waals surface area contributed by atoms with Crippen LogP contribution in [0.4, 0.5) is 0 Å². The van der Waals surface area contributed by atoms with Gasteiger partial charge in [0.25, 0.3) is 5.91 Å². The van der Waals surface area contributed by atoms with Crippen LogP contribution in [0.3, 0.4) is 0 Å². The third-order valence-electron chi connectivity index (χ3n) is 4.27. The number of sulfonamides is 1. The maximum Gasteiger partial charge on any atom is 0.253 e. The zero-order chi connectivity index (χ0) is 16.7. The summed E-state index contributed by atoms with van der Waals surface area (Å²) in [7, 11) is -3.11. The molecule has 6 heteroatoms. The Morgan fingerprint density at radius 2 is 1.87 bits per heavy atom. The first-order valence-electron chi connectivity index (χ1n) is 8.33. The highest BCUT2D eigenvalue weighted by Crippen LogP contribution is 2.21. The normalized spacial score (nSPS) is 16.5. The van der Waals surface area contributed by atoms with Crippen molar-refractivity contribution in [2.75, 3.05) is 25.4 Å². The van der Waals surface area contributed by atoms with Gasteiger partial charge in [0.15, 0.2) is 0 Å². The number of amides is 1. The number of benzene rings is 1. The number of hydrogen-bond acceptors (Lipinski definition) is 3. The lowest BCUT2D eigenvalue weighted by molar-refractivity contribution is 0.0687. The number of carbonyl (C=O) groups is 1. The lowest BCUT2D eigenvalue weighted by Crippen LogP contribution is -2.39. The molecule has 0 saturated carbocycles. The van der Waals surface area contributed by atoms with Crippen LogP contribution in [0.2, 0.25) is 0 Å². The number of piperidine rings is 1. The average Bonchev–Trinajstić information content (AvgIpc) is 2.55. The first-order valence-corrected chi connectivity index (χ1v) is 9.98. The van der Waals surface area contributed by atoms with Gasteiger partial charge in [-0.2, -0.15) is 0 Å². The monoisotopic (exact) mass is 338 g/mol. The number of likely N-dealkylation sites (tertiary alicyclic amines) is 1. The molecule has 128 valence electrons. The van der Waals surface area contributed by atoms with Crippen molar-refractivity contribution >= 4 is 15.9 Å². The van der Waals surface area contributed by atoms with Gasteiger partial charge in [0.2, 0.25) is 10.0 Å². The van der Waals surface area contributed by atoms with Gasteiger partial charge in [-0.25, -0.2) is 13.1 Å². The van der Waals surface area contributed by atoms with Crippen LogP contribution >= 0.6 is 0 Å². The van der Waals surface area contributed by atoms with Gasteiger partial charge in [0, 0.05) is 25.2 Å². The molecule has 0 aliphatic carbocycles. The Morgan fingerprint density at radius 1 is 1.22 bits per heavy atom. The lowest BCUT2D eigenvalue weighted by atomic mass is 9.93. The van der Waals surface area contributed by atoms with Gasteiger partial charge in [0.05, 0.1) is 5.75 Å². The molecule has 1 aromatic rings. The molecule has 1 aromatic carbocycles. The molecule has 1 amide bonds. The molecule has 1 aliphatic heterocycles. The zero-order valence-electron chi connectivity index (χ0n) is 13.7. The highest BCUT2D eigenvalue weighted by molar-refractivity contribution is 7.89. The van der Waals surface area contributed by atoms with Crippen molar-refractivity contribution in [2.45, 2.75) is 32.6 Å². The molecule has 1 fully saturated rings. The summed E-state index contributed by atoms with van der Waals surface area (Å²) in [5.41, 5.74) is 0.735. The Labute approximate surface area is 139 Å². The summed E-state index contributed by atoms with van der Waals surface area (Å²) >= 11 is 0. The van der Waals surface area contributed by atoms with E-state index in [-0.39, 0.29) is 11.7 Å². The van der Waals surface area contributed by atoms with Gasteiger partial charge in [-0.05, 0) is 43.7 Å². The highest BCUT2D eigenvalue weighted by atomic mass is 32.2. The second kappa shape index (κ2) is 8.45. The van der Waals surface area contributed by atoms with Crippen LogP contribution in [0, 0.1) is 5.92 Å². The molecule has 23 heavy (non-hydrogen) atoms. The van der Waals surface area contributed by atoms with Crippen molar-refractivity contribution in [3.05, 3.63) is 35.9 Å². The van der Waals surface area contributed by atoms with E-state index in [1.165, 1.54) is 0 Å². The van der Waals surface area contributed by atoms with Crippen LogP contribution in [0.1, 0.15) is 43.0 Å². The smallest absolute Gasteiger partial charge is 0.253 e. The molecule has 0 spiro atoms. The summed E-state index contributed by atoms with van der Waals surface area (Å²) in [4.78, 5) is 14.3. The van der Waals surface area contributed by atoms with E-state index in [2.05, 4.69) is 4.72 Å². The van der Waals surface area contributed by atoms with E-state index in [9.17, 15) is 13.2 Å². The standard InChI is InChI=1S/C17H26N2O3S/c1-2-14-23(21,22)18-11-8-15-9-12-19(13-10-15)17(20)16-6-4-3-5-7-16/h3-7,15,18H,2,8-14H2,1H3. The van der Waals surface area contributed by atoms with Crippen molar-refractivity contribution in [3.63, 3.8) is 0 Å². The van der Waals surface area contributed by atoms with Crippen molar-refractivity contribution < 1.29 is 13.2 Å². The molecule has 0 unspecified atom stereocenters. The quantitative estimate of drug-likeness (QED) is 0.829. The number of hydrogen-bond donors (Lipinski definition) is 1. The molecular formula is C17H26N2O3S. The SMILES string of the molecule is CCCS(=O)(=O)NCCC1CCN(C(=O)c2ccccc2)CC1. The van der Waals surface area contributed by atoms with Crippen molar-refractivity contribution in [3.8, 4) is 0 Å². The third-order valence-corrected chi connectivity index (χ3v) is 5.86. The van der Waals surface area contributed by atoms with E-state index in [4.69, 9.17) is 0 Å². The number of rotatable bonds is 7. The van der Waals surface area contributed by atoms with E-state index in [1.54, 1.807) is 0 Å². The van der Waals surface area contributed by atoms with Gasteiger partial charge >= 0.3 is 0 Å². The molecule has 1 saturated heterocycles. The van der Waals surface area contributed by atoms with Crippen molar-refractivity contribution in [2.24, 2.45) is 5.92 Å². The number of carbonyl (C=O) groups excluding carboxylic acids is 1. The van der Waals surface area contributed by atoms with E-state index in [0.717, 1.165) is 37.9 Å². The van der Waals surface area contributed by atoms with Gasteiger partial charge in [0.1, 0.15) is 0 Å². The van der Waals surface area contributed by atoms with Gasteiger partial charge in [-0.3, -0.25) is 4.79 Å². The molecule has 0 bridgehead atoms. The van der Waals surface area contributed by atoms with Gasteiger partial charge in [-0.15, -0.1) is 0 Å². The molecule has 1 N–H and O–H groups in total. The van der Waals surface area contributed by atoms with Gasteiger partial charge in [-0.1, -0.05) is 25.1 Å². The molecule has 2 rings (SSSR count). The Balaban J connectivity index is 1.73. The molecular weight excluding hydrogens is 312 g/mol. The number of nitrogens with zero attached hydrogens (tertiary/aromatic N) is 1. The minimum atomic E-state index is -3.11. The Bertz CT molecular complexity index is 594. The summed E-state index contributed by atoms with van der Waals surface area (Å²) < 4.78 is 25.9. The summed E-state index contributed by atoms with van der Waals surface area (Å²) in [6, 6.07) is 9.35. The maximum absolute atomic E-state index is 12.4. The minimum Gasteiger partial charge on any atom is -0.339 e. The van der Waals surface area contributed by atoms with E-state index in [1.807, 2.05) is 42.2 Å². The molecule has 1 heterocycles. The summed E-state index contributed by atoms with van der Waals surface area (Å²) in [6.45, 7) is 3.86. The van der Waals surface area contributed by atoms with Crippen LogP contribution in [0.5, 0.6) is 0 Å². The Kier molecular flexibility index (Phi) is 6.59. The average molecular weight is 338 g/mol. The fraction of sp³-hybridized carbons (Fsp3) is 0.588. The first-order chi connectivity index (χ1) is 11.0. The van der Waals surface area contributed by atoms with Crippen LogP contribution in [-0.2, 0) is 10.0 Å². The van der Waals surface area contributed by atoms with Crippen LogP contribution < -0.4 is 4.72 Å². The first kappa shape index (κ1) is 17.9. The third kappa shape index (κ3) is 5.62. The Morgan fingerprint density at radius 3 is 2.48 bits per heavy atom. The molecule has 0 radical (unpaired) electrons. The molecule has 1 aliphatic rings. The van der Waals surface area contributed by atoms with Crippen LogP contribution in [-0.4, -0.2) is 44.6 Å². The van der Waals surface area contributed by atoms with Crippen molar-refractivity contribution in [1.82, 2.24) is 9.62 Å². The van der Waals surface area contributed by atoms with Crippen molar-refractivity contribution in [1.29, 1.82) is 0 Å². The van der Waals surface area contributed by atoms with Crippen LogP contribution in [0.25, 0.3) is 0 Å². The lowest BCUT2D eigenvalue weighted by Gasteiger charge is -2.32. The largest absolute Gasteiger partial charge is 0.339 e. The fourth-order valence-electron chi connectivity index (χ4n) is 2.95. The fourth-order valence-corrected chi connectivity index (χ4v) is 4.06. The topological polar surface area (TPSA) is 66.5 Å². The van der Waals surface area contributed by atoms with E-state index in [0.29, 0.717) is 18.9 Å². The second-order valence-corrected chi connectivity index (χ2v) is 8.03. The minimum absolute atomic E-state index is 0.0905. The number of nitrogens with one attached hydrogen (secondary N) is 1. The summed E-state index contributed by atoms with van der Waals surface area (Å²) in [6.07, 6.45) is 3.35. The van der Waals surface area contributed by atoms with E-state index >= 15 is 0 Å². The molecule has 0 aromatic heterocycles. The Hall–Kier alpha value is -1.40. The molecule has 0 atom stereocenters.